The largest absolute Gasteiger partial charge is 0.321 e. The van der Waals surface area contributed by atoms with Crippen molar-refractivity contribution in [1.82, 2.24) is 9.97 Å². The van der Waals surface area contributed by atoms with E-state index in [2.05, 4.69) is 16.9 Å². The number of hydrogen-bond donors (Lipinski definition) is 1. The summed E-state index contributed by atoms with van der Waals surface area (Å²) in [5, 5.41) is 0. The van der Waals surface area contributed by atoms with Gasteiger partial charge in [-0.05, 0) is 18.9 Å². The minimum Gasteiger partial charge on any atom is -0.321 e. The highest BCUT2D eigenvalue weighted by molar-refractivity contribution is 5.04. The Labute approximate surface area is 105 Å². The summed E-state index contributed by atoms with van der Waals surface area (Å²) in [5.74, 6) is 0.782. The third-order valence-electron chi connectivity index (χ3n) is 3.00. The Bertz CT molecular complexity index is 295. The van der Waals surface area contributed by atoms with Crippen molar-refractivity contribution in [1.29, 1.82) is 0 Å². The van der Waals surface area contributed by atoms with Gasteiger partial charge in [0, 0.05) is 12.4 Å². The molecule has 17 heavy (non-hydrogen) atoms. The third-order valence-corrected chi connectivity index (χ3v) is 3.00. The number of nitrogens with zero attached hydrogens (tertiary/aromatic N) is 2. The smallest absolute Gasteiger partial charge is 0.144 e. The molecule has 1 rings (SSSR count). The van der Waals surface area contributed by atoms with E-state index in [-0.39, 0.29) is 6.04 Å². The molecule has 0 aliphatic carbocycles. The average Bonchev–Trinajstić information content (AvgIpc) is 2.34. The molecule has 3 nitrogen and oxygen atoms in total. The van der Waals surface area contributed by atoms with Crippen LogP contribution in [0, 0.1) is 6.92 Å². The molecule has 0 amide bonds. The predicted molar refractivity (Wildman–Crippen MR) is 71.7 cm³/mol. The maximum atomic E-state index is 6.06. The molecule has 0 bridgehead atoms. The molecule has 0 aromatic carbocycles. The van der Waals surface area contributed by atoms with Crippen LogP contribution in [0.5, 0.6) is 0 Å². The van der Waals surface area contributed by atoms with Crippen molar-refractivity contribution >= 4 is 0 Å². The van der Waals surface area contributed by atoms with Crippen molar-refractivity contribution in [2.24, 2.45) is 5.73 Å². The van der Waals surface area contributed by atoms with Gasteiger partial charge in [-0.15, -0.1) is 0 Å². The molecule has 0 aliphatic heterocycles. The first-order valence-electron chi connectivity index (χ1n) is 6.78. The van der Waals surface area contributed by atoms with E-state index >= 15 is 0 Å². The Kier molecular flexibility index (Phi) is 6.78. The minimum atomic E-state index is 0.00164. The molecule has 0 aliphatic rings. The van der Waals surface area contributed by atoms with Crippen LogP contribution in [0.2, 0.25) is 0 Å². The summed E-state index contributed by atoms with van der Waals surface area (Å²) >= 11 is 0. The van der Waals surface area contributed by atoms with Crippen molar-refractivity contribution in [2.75, 3.05) is 0 Å². The normalized spacial score (nSPS) is 12.6. The van der Waals surface area contributed by atoms with Gasteiger partial charge in [-0.1, -0.05) is 45.4 Å². The fourth-order valence-electron chi connectivity index (χ4n) is 1.87. The van der Waals surface area contributed by atoms with E-state index in [0.29, 0.717) is 0 Å². The molecular weight excluding hydrogens is 210 g/mol. The molecule has 1 atom stereocenters. The van der Waals surface area contributed by atoms with E-state index in [1.165, 1.54) is 38.5 Å². The molecule has 0 spiro atoms. The highest BCUT2D eigenvalue weighted by atomic mass is 14.9. The number of unbranched alkanes of at least 4 members (excludes halogenated alkanes) is 5. The summed E-state index contributed by atoms with van der Waals surface area (Å²) in [6, 6.07) is 0.00164. The molecule has 1 aromatic heterocycles. The minimum absolute atomic E-state index is 0.00164. The van der Waals surface area contributed by atoms with Crippen LogP contribution in [0.4, 0.5) is 0 Å². The van der Waals surface area contributed by atoms with Crippen LogP contribution in [0.3, 0.4) is 0 Å². The monoisotopic (exact) mass is 235 g/mol. The third kappa shape index (κ3) is 5.78. The zero-order chi connectivity index (χ0) is 12.5. The molecule has 0 radical (unpaired) electrons. The van der Waals surface area contributed by atoms with Gasteiger partial charge in [-0.25, -0.2) is 9.97 Å². The lowest BCUT2D eigenvalue weighted by molar-refractivity contribution is 0.532. The molecule has 1 heterocycles. The Hall–Kier alpha value is -0.960. The Morgan fingerprint density at radius 1 is 1.06 bits per heavy atom. The Balaban J connectivity index is 2.16. The van der Waals surface area contributed by atoms with E-state index in [1.54, 1.807) is 0 Å². The lowest BCUT2D eigenvalue weighted by atomic mass is 10.1. The summed E-state index contributed by atoms with van der Waals surface area (Å²) in [5.41, 5.74) is 7.14. The topological polar surface area (TPSA) is 51.8 Å². The second-order valence-corrected chi connectivity index (χ2v) is 4.78. The van der Waals surface area contributed by atoms with Gasteiger partial charge < -0.3 is 5.73 Å². The molecule has 96 valence electrons. The van der Waals surface area contributed by atoms with Crippen LogP contribution >= 0.6 is 0 Å². The predicted octanol–water partition coefficient (Wildman–Crippen LogP) is 3.54. The quantitative estimate of drug-likeness (QED) is 0.701. The zero-order valence-corrected chi connectivity index (χ0v) is 11.2. The van der Waals surface area contributed by atoms with E-state index < -0.39 is 0 Å². The lowest BCUT2D eigenvalue weighted by Crippen LogP contribution is -2.13. The second kappa shape index (κ2) is 8.18. The van der Waals surface area contributed by atoms with Gasteiger partial charge in [0.1, 0.15) is 5.82 Å². The fraction of sp³-hybridized carbons (Fsp3) is 0.714. The highest BCUT2D eigenvalue weighted by Crippen LogP contribution is 2.14. The van der Waals surface area contributed by atoms with Crippen molar-refractivity contribution in [3.8, 4) is 0 Å². The summed E-state index contributed by atoms with van der Waals surface area (Å²) in [6.45, 7) is 4.23. The van der Waals surface area contributed by atoms with Crippen molar-refractivity contribution < 1.29 is 0 Å². The summed E-state index contributed by atoms with van der Waals surface area (Å²) < 4.78 is 0. The van der Waals surface area contributed by atoms with E-state index in [0.717, 1.165) is 17.8 Å². The average molecular weight is 235 g/mol. The lowest BCUT2D eigenvalue weighted by Gasteiger charge is -2.09. The zero-order valence-electron chi connectivity index (χ0n) is 11.2. The van der Waals surface area contributed by atoms with Gasteiger partial charge in [0.25, 0.3) is 0 Å². The van der Waals surface area contributed by atoms with Crippen molar-refractivity contribution in [3.63, 3.8) is 0 Å². The molecule has 0 saturated heterocycles. The molecule has 1 unspecified atom stereocenters. The van der Waals surface area contributed by atoms with Crippen LogP contribution in [0.25, 0.3) is 0 Å². The van der Waals surface area contributed by atoms with Gasteiger partial charge in [-0.2, -0.15) is 0 Å². The second-order valence-electron chi connectivity index (χ2n) is 4.78. The van der Waals surface area contributed by atoms with Gasteiger partial charge in [0.2, 0.25) is 0 Å². The molecule has 1 aromatic rings. The van der Waals surface area contributed by atoms with Gasteiger partial charge >= 0.3 is 0 Å². The first-order valence-corrected chi connectivity index (χ1v) is 6.78. The van der Waals surface area contributed by atoms with Crippen molar-refractivity contribution in [2.45, 2.75) is 64.8 Å². The van der Waals surface area contributed by atoms with Crippen LogP contribution in [0.1, 0.15) is 69.3 Å². The summed E-state index contributed by atoms with van der Waals surface area (Å²) in [6.07, 6.45) is 12.5. The van der Waals surface area contributed by atoms with E-state index in [4.69, 9.17) is 5.73 Å². The van der Waals surface area contributed by atoms with Crippen LogP contribution in [-0.4, -0.2) is 9.97 Å². The molecule has 0 fully saturated rings. The number of rotatable bonds is 8. The van der Waals surface area contributed by atoms with Crippen molar-refractivity contribution in [3.05, 3.63) is 23.8 Å². The maximum absolute atomic E-state index is 6.06. The molecule has 0 saturated carbocycles. The summed E-state index contributed by atoms with van der Waals surface area (Å²) in [4.78, 5) is 8.54. The summed E-state index contributed by atoms with van der Waals surface area (Å²) in [7, 11) is 0. The fourth-order valence-corrected chi connectivity index (χ4v) is 1.87. The van der Waals surface area contributed by atoms with Crippen LogP contribution in [0.15, 0.2) is 12.4 Å². The number of aromatic nitrogens is 2. The molecular formula is C14H25N3. The molecule has 2 N–H and O–H groups in total. The SMILES string of the molecule is CCCCCCCCC(N)c1ncc(C)cn1. The first kappa shape index (κ1) is 14.1. The van der Waals surface area contributed by atoms with E-state index in [9.17, 15) is 0 Å². The number of aryl methyl sites for hydroxylation is 1. The highest BCUT2D eigenvalue weighted by Gasteiger charge is 2.07. The van der Waals surface area contributed by atoms with Gasteiger partial charge in [0.05, 0.1) is 6.04 Å². The number of nitrogens with two attached hydrogens (primary N) is 1. The standard InChI is InChI=1S/C14H25N3/c1-3-4-5-6-7-8-9-13(15)14-16-10-12(2)11-17-14/h10-11,13H,3-9,15H2,1-2H3. The Morgan fingerprint density at radius 3 is 2.29 bits per heavy atom. The first-order chi connectivity index (χ1) is 8.24. The molecule has 3 heteroatoms. The van der Waals surface area contributed by atoms with Crippen LogP contribution in [-0.2, 0) is 0 Å². The van der Waals surface area contributed by atoms with Gasteiger partial charge in [0.15, 0.2) is 0 Å². The number of hydrogen-bond acceptors (Lipinski definition) is 3. The maximum Gasteiger partial charge on any atom is 0.144 e. The van der Waals surface area contributed by atoms with E-state index in [1.807, 2.05) is 19.3 Å². The van der Waals surface area contributed by atoms with Crippen LogP contribution < -0.4 is 5.73 Å². The Morgan fingerprint density at radius 2 is 1.65 bits per heavy atom. The van der Waals surface area contributed by atoms with Gasteiger partial charge in [-0.3, -0.25) is 0 Å².